The lowest BCUT2D eigenvalue weighted by Crippen LogP contribution is -2.06. The Morgan fingerprint density at radius 3 is 1.49 bits per heavy atom. The Morgan fingerprint density at radius 1 is 0.286 bits per heavy atom. The summed E-state index contributed by atoms with van der Waals surface area (Å²) >= 11 is 0. The number of aromatic nitrogens is 7. The van der Waals surface area contributed by atoms with Crippen LogP contribution in [0, 0.1) is 0 Å². The van der Waals surface area contributed by atoms with Gasteiger partial charge in [0.05, 0.1) is 38.6 Å². The molecule has 0 amide bonds. The summed E-state index contributed by atoms with van der Waals surface area (Å²) in [7, 11) is 0. The molecule has 7 nitrogen and oxygen atoms in total. The van der Waals surface area contributed by atoms with Crippen molar-refractivity contribution in [3.05, 3.63) is 212 Å². The van der Waals surface area contributed by atoms with Crippen LogP contribution >= 0.6 is 0 Å². The summed E-state index contributed by atoms with van der Waals surface area (Å²) in [6.07, 6.45) is 1.87. The van der Waals surface area contributed by atoms with E-state index in [1.807, 2.05) is 72.9 Å². The van der Waals surface area contributed by atoms with Crippen LogP contribution in [0.3, 0.4) is 0 Å². The first-order chi connectivity index (χ1) is 31.2. The van der Waals surface area contributed by atoms with Gasteiger partial charge in [-0.2, -0.15) is 9.97 Å². The van der Waals surface area contributed by atoms with Gasteiger partial charge in [0.25, 0.3) is 0 Å². The fraction of sp³-hybridized carbons (Fsp3) is 0. The molecule has 13 rings (SSSR count). The largest absolute Gasteiger partial charge is 0.309 e. The van der Waals surface area contributed by atoms with E-state index < -0.39 is 0 Å². The Morgan fingerprint density at radius 2 is 0.794 bits per heavy atom. The molecule has 5 heterocycles. The van der Waals surface area contributed by atoms with Gasteiger partial charge in [0, 0.05) is 55.6 Å². The summed E-state index contributed by atoms with van der Waals surface area (Å²) in [6.45, 7) is 0. The maximum atomic E-state index is 5.17. The molecule has 0 spiro atoms. The van der Waals surface area contributed by atoms with Crippen LogP contribution in [0.2, 0.25) is 0 Å². The molecule has 0 fully saturated rings. The van der Waals surface area contributed by atoms with E-state index in [0.29, 0.717) is 17.6 Å². The van der Waals surface area contributed by atoms with Gasteiger partial charge in [-0.3, -0.25) is 9.55 Å². The predicted octanol–water partition coefficient (Wildman–Crippen LogP) is 13.6. The van der Waals surface area contributed by atoms with Gasteiger partial charge in [-0.15, -0.1) is 0 Å². The van der Waals surface area contributed by atoms with Crippen LogP contribution in [0.15, 0.2) is 212 Å². The molecule has 294 valence electrons. The minimum absolute atomic E-state index is 0.573. The number of hydrogen-bond donors (Lipinski definition) is 0. The number of rotatable bonds is 6. The number of fused-ring (bicyclic) bond motifs is 9. The summed E-state index contributed by atoms with van der Waals surface area (Å²) in [4.78, 5) is 20.1. The van der Waals surface area contributed by atoms with Gasteiger partial charge in [0.1, 0.15) is 0 Å². The molecule has 0 aliphatic heterocycles. The summed E-state index contributed by atoms with van der Waals surface area (Å²) < 4.78 is 6.91. The molecule has 13 aromatic rings. The van der Waals surface area contributed by atoms with Crippen molar-refractivity contribution >= 4 is 65.5 Å². The number of pyridine rings is 1. The molecule has 8 aromatic carbocycles. The highest BCUT2D eigenvalue weighted by atomic mass is 15.2. The number of para-hydroxylation sites is 3. The second-order valence-corrected chi connectivity index (χ2v) is 15.9. The van der Waals surface area contributed by atoms with Crippen LogP contribution < -0.4 is 0 Å². The maximum Gasteiger partial charge on any atom is 0.238 e. The molecular formula is C56H35N7. The SMILES string of the molecule is c1ccc(-c2nc(-c3ccccc3)nc(-n3c4ccccc4c4ccc(-c5ccc6c(c5)c5ccccc5n6-c5cccc(-n6c7ccccc7c7ncccc76)c5)cc43)n2)cc1. The molecule has 7 heteroatoms. The number of nitrogens with zero attached hydrogens (tertiary/aromatic N) is 7. The smallest absolute Gasteiger partial charge is 0.238 e. The lowest BCUT2D eigenvalue weighted by molar-refractivity contribution is 0.953. The molecule has 0 saturated carbocycles. The average molecular weight is 806 g/mol. The minimum atomic E-state index is 0.573. The fourth-order valence-corrected chi connectivity index (χ4v) is 9.53. The highest BCUT2D eigenvalue weighted by molar-refractivity contribution is 6.12. The first-order valence-electron chi connectivity index (χ1n) is 21.1. The molecule has 0 N–H and O–H groups in total. The predicted molar refractivity (Wildman–Crippen MR) is 257 cm³/mol. The number of hydrogen-bond acceptors (Lipinski definition) is 4. The zero-order valence-corrected chi connectivity index (χ0v) is 33.8. The summed E-state index contributed by atoms with van der Waals surface area (Å²) in [5, 5.41) is 5.80. The lowest BCUT2D eigenvalue weighted by Gasteiger charge is -2.13. The van der Waals surface area contributed by atoms with Crippen LogP contribution in [0.4, 0.5) is 0 Å². The zero-order valence-electron chi connectivity index (χ0n) is 33.8. The molecule has 0 bridgehead atoms. The minimum Gasteiger partial charge on any atom is -0.309 e. The van der Waals surface area contributed by atoms with E-state index in [9.17, 15) is 0 Å². The highest BCUT2D eigenvalue weighted by Crippen LogP contribution is 2.39. The monoisotopic (exact) mass is 805 g/mol. The Hall–Kier alpha value is -8.68. The third-order valence-electron chi connectivity index (χ3n) is 12.3. The third-order valence-corrected chi connectivity index (χ3v) is 12.3. The van der Waals surface area contributed by atoms with Gasteiger partial charge in [0.2, 0.25) is 5.95 Å². The first kappa shape index (κ1) is 35.1. The van der Waals surface area contributed by atoms with Crippen molar-refractivity contribution in [2.45, 2.75) is 0 Å². The van der Waals surface area contributed by atoms with Crippen molar-refractivity contribution in [1.82, 2.24) is 33.6 Å². The van der Waals surface area contributed by atoms with E-state index in [0.717, 1.165) is 88.4 Å². The summed E-state index contributed by atoms with van der Waals surface area (Å²) in [5.41, 5.74) is 13.9. The molecular weight excluding hydrogens is 771 g/mol. The first-order valence-corrected chi connectivity index (χ1v) is 21.1. The van der Waals surface area contributed by atoms with Gasteiger partial charge in [0.15, 0.2) is 11.6 Å². The van der Waals surface area contributed by atoms with Gasteiger partial charge in [-0.25, -0.2) is 4.98 Å². The van der Waals surface area contributed by atoms with Crippen molar-refractivity contribution in [2.75, 3.05) is 0 Å². The Kier molecular flexibility index (Phi) is 7.77. The van der Waals surface area contributed by atoms with E-state index in [2.05, 4.69) is 153 Å². The Labute approximate surface area is 361 Å². The van der Waals surface area contributed by atoms with Gasteiger partial charge in [-0.1, -0.05) is 140 Å². The van der Waals surface area contributed by atoms with Crippen molar-refractivity contribution in [1.29, 1.82) is 0 Å². The molecule has 5 aromatic heterocycles. The van der Waals surface area contributed by atoms with Gasteiger partial charge >= 0.3 is 0 Å². The Bertz CT molecular complexity index is 3810. The van der Waals surface area contributed by atoms with Gasteiger partial charge in [-0.05, 0) is 77.9 Å². The lowest BCUT2D eigenvalue weighted by atomic mass is 10.0. The van der Waals surface area contributed by atoms with Crippen LogP contribution in [-0.2, 0) is 0 Å². The van der Waals surface area contributed by atoms with Crippen molar-refractivity contribution in [3.8, 4) is 51.2 Å². The second kappa shape index (κ2) is 13.9. The standard InChI is InChI=1S/C56H35N7/c1-3-15-36(16-4-1)54-58-55(37-17-5-2-6-18-37)60-56(59-54)63-48-25-11-7-21-42(48)44-30-28-39(34-52(44)63)38-29-31-50-46(33-38)43-22-8-10-24-47(43)61(50)40-19-13-20-41(35-40)62-49-26-12-9-23-45(49)53-51(62)27-14-32-57-53/h1-35H. The summed E-state index contributed by atoms with van der Waals surface area (Å²) in [5.74, 6) is 1.82. The molecule has 0 aliphatic carbocycles. The molecule has 0 radical (unpaired) electrons. The third kappa shape index (κ3) is 5.53. The van der Waals surface area contributed by atoms with Crippen LogP contribution in [-0.4, -0.2) is 33.6 Å². The van der Waals surface area contributed by atoms with Crippen LogP contribution in [0.5, 0.6) is 0 Å². The highest BCUT2D eigenvalue weighted by Gasteiger charge is 2.20. The zero-order chi connectivity index (χ0) is 41.4. The molecule has 0 aliphatic rings. The van der Waals surface area contributed by atoms with E-state index in [-0.39, 0.29) is 0 Å². The average Bonchev–Trinajstić information content (AvgIpc) is 4.00. The molecule has 63 heavy (non-hydrogen) atoms. The summed E-state index contributed by atoms with van der Waals surface area (Å²) in [6, 6.07) is 72.6. The van der Waals surface area contributed by atoms with Crippen molar-refractivity contribution in [2.24, 2.45) is 0 Å². The molecule has 0 saturated heterocycles. The van der Waals surface area contributed by atoms with Crippen molar-refractivity contribution < 1.29 is 0 Å². The van der Waals surface area contributed by atoms with E-state index in [1.54, 1.807) is 0 Å². The van der Waals surface area contributed by atoms with E-state index in [4.69, 9.17) is 19.9 Å². The normalized spacial score (nSPS) is 11.8. The number of benzene rings is 8. The van der Waals surface area contributed by atoms with E-state index in [1.165, 1.54) is 10.8 Å². The topological polar surface area (TPSA) is 66.3 Å². The molecule has 0 atom stereocenters. The quantitative estimate of drug-likeness (QED) is 0.168. The van der Waals surface area contributed by atoms with Gasteiger partial charge < -0.3 is 9.13 Å². The van der Waals surface area contributed by atoms with Crippen LogP contribution in [0.25, 0.3) is 117 Å². The van der Waals surface area contributed by atoms with Crippen molar-refractivity contribution in [3.63, 3.8) is 0 Å². The fourth-order valence-electron chi connectivity index (χ4n) is 9.53. The Balaban J connectivity index is 0.983. The maximum absolute atomic E-state index is 5.17. The van der Waals surface area contributed by atoms with E-state index >= 15 is 0 Å². The molecule has 0 unspecified atom stereocenters. The second-order valence-electron chi connectivity index (χ2n) is 15.9. The van der Waals surface area contributed by atoms with Crippen LogP contribution in [0.1, 0.15) is 0 Å².